The average molecular weight is 271 g/mol. The van der Waals surface area contributed by atoms with Gasteiger partial charge in [0, 0.05) is 18.1 Å². The van der Waals surface area contributed by atoms with Crippen molar-refractivity contribution in [3.8, 4) is 0 Å². The summed E-state index contributed by atoms with van der Waals surface area (Å²) >= 11 is 5.77. The molecule has 2 unspecified atom stereocenters. The third-order valence-electron chi connectivity index (χ3n) is 3.64. The van der Waals surface area contributed by atoms with Gasteiger partial charge in [-0.2, -0.15) is 4.98 Å². The van der Waals surface area contributed by atoms with E-state index < -0.39 is 0 Å². The molecular formula is C12H19ClN4O. The minimum absolute atomic E-state index is 0.0554. The topological polar surface area (TPSA) is 73.1 Å². The van der Waals surface area contributed by atoms with Crippen LogP contribution in [-0.4, -0.2) is 28.7 Å². The molecular weight excluding hydrogens is 252 g/mol. The van der Waals surface area contributed by atoms with Gasteiger partial charge in [0.15, 0.2) is 5.82 Å². The van der Waals surface area contributed by atoms with Gasteiger partial charge in [-0.3, -0.25) is 0 Å². The predicted octanol–water partition coefficient (Wildman–Crippen LogP) is 2.33. The summed E-state index contributed by atoms with van der Waals surface area (Å²) in [7, 11) is 0. The highest BCUT2D eigenvalue weighted by Crippen LogP contribution is 2.44. The molecule has 2 atom stereocenters. The monoisotopic (exact) mass is 270 g/mol. The maximum absolute atomic E-state index is 5.82. The fourth-order valence-corrected chi connectivity index (χ4v) is 2.40. The summed E-state index contributed by atoms with van der Waals surface area (Å²) in [4.78, 5) is 7.94. The standard InChI is InChI=1S/C12H19ClN4O/c1-4-18-9-5-8(12(9,2)3)16-10-7(14)6-15-11(13)17-10/h6,8-9H,4-5,14H2,1-3H3,(H,15,16,17). The minimum Gasteiger partial charge on any atom is -0.394 e. The lowest BCUT2D eigenvalue weighted by atomic mass is 9.64. The van der Waals surface area contributed by atoms with Crippen LogP contribution >= 0.6 is 11.6 Å². The van der Waals surface area contributed by atoms with E-state index in [1.165, 1.54) is 6.20 Å². The average Bonchev–Trinajstić information content (AvgIpc) is 2.32. The van der Waals surface area contributed by atoms with Crippen LogP contribution in [0.25, 0.3) is 0 Å². The fourth-order valence-electron chi connectivity index (χ4n) is 2.26. The van der Waals surface area contributed by atoms with E-state index in [1.807, 2.05) is 6.92 Å². The first kappa shape index (κ1) is 13.4. The molecule has 1 fully saturated rings. The Morgan fingerprint density at radius 3 is 2.94 bits per heavy atom. The molecule has 1 aliphatic rings. The zero-order chi connectivity index (χ0) is 13.3. The molecule has 3 N–H and O–H groups in total. The predicted molar refractivity (Wildman–Crippen MR) is 72.7 cm³/mol. The molecule has 0 aliphatic heterocycles. The van der Waals surface area contributed by atoms with E-state index in [0.717, 1.165) is 13.0 Å². The van der Waals surface area contributed by atoms with E-state index in [4.69, 9.17) is 22.1 Å². The molecule has 0 aromatic carbocycles. The molecule has 5 nitrogen and oxygen atoms in total. The minimum atomic E-state index is 0.0554. The first-order chi connectivity index (χ1) is 8.45. The number of halogens is 1. The summed E-state index contributed by atoms with van der Waals surface area (Å²) in [5.41, 5.74) is 6.39. The van der Waals surface area contributed by atoms with Crippen LogP contribution in [0.2, 0.25) is 5.28 Å². The highest BCUT2D eigenvalue weighted by atomic mass is 35.5. The van der Waals surface area contributed by atoms with Gasteiger partial charge in [0.25, 0.3) is 0 Å². The molecule has 1 aromatic heterocycles. The summed E-state index contributed by atoms with van der Waals surface area (Å²) in [5.74, 6) is 0.600. The van der Waals surface area contributed by atoms with Crippen LogP contribution in [0, 0.1) is 5.41 Å². The molecule has 0 spiro atoms. The summed E-state index contributed by atoms with van der Waals surface area (Å²) in [6, 6.07) is 0.280. The summed E-state index contributed by atoms with van der Waals surface area (Å²) in [5, 5.41) is 3.52. The first-order valence-electron chi connectivity index (χ1n) is 6.11. The highest BCUT2D eigenvalue weighted by molar-refractivity contribution is 6.28. The second-order valence-electron chi connectivity index (χ2n) is 5.14. The van der Waals surface area contributed by atoms with Gasteiger partial charge in [-0.1, -0.05) is 13.8 Å². The third kappa shape index (κ3) is 2.37. The third-order valence-corrected chi connectivity index (χ3v) is 3.83. The van der Waals surface area contributed by atoms with Crippen molar-refractivity contribution in [1.29, 1.82) is 0 Å². The quantitative estimate of drug-likeness (QED) is 0.822. The van der Waals surface area contributed by atoms with Crippen LogP contribution in [0.5, 0.6) is 0 Å². The Bertz CT molecular complexity index is 438. The van der Waals surface area contributed by atoms with E-state index in [0.29, 0.717) is 11.5 Å². The summed E-state index contributed by atoms with van der Waals surface area (Å²) < 4.78 is 5.68. The van der Waals surface area contributed by atoms with Gasteiger partial charge < -0.3 is 15.8 Å². The molecule has 0 amide bonds. The number of ether oxygens (including phenoxy) is 1. The summed E-state index contributed by atoms with van der Waals surface area (Å²) in [6.07, 6.45) is 2.74. The van der Waals surface area contributed by atoms with Crippen molar-refractivity contribution in [2.24, 2.45) is 5.41 Å². The smallest absolute Gasteiger partial charge is 0.224 e. The summed E-state index contributed by atoms with van der Waals surface area (Å²) in [6.45, 7) is 7.10. The van der Waals surface area contributed by atoms with Gasteiger partial charge in [0.2, 0.25) is 5.28 Å². The van der Waals surface area contributed by atoms with Crippen LogP contribution < -0.4 is 11.1 Å². The van der Waals surface area contributed by atoms with Crippen molar-refractivity contribution in [3.63, 3.8) is 0 Å². The highest BCUT2D eigenvalue weighted by Gasteiger charge is 2.49. The molecule has 1 aromatic rings. The molecule has 2 rings (SSSR count). The number of nitrogen functional groups attached to an aromatic ring is 1. The van der Waals surface area contributed by atoms with E-state index in [1.54, 1.807) is 0 Å². The molecule has 0 radical (unpaired) electrons. The molecule has 6 heteroatoms. The molecule has 100 valence electrons. The Kier molecular flexibility index (Phi) is 3.64. The maximum Gasteiger partial charge on any atom is 0.224 e. The number of nitrogens with zero attached hydrogens (tertiary/aromatic N) is 2. The van der Waals surface area contributed by atoms with Crippen molar-refractivity contribution in [1.82, 2.24) is 9.97 Å². The lowest BCUT2D eigenvalue weighted by Crippen LogP contribution is -2.58. The SMILES string of the molecule is CCOC1CC(Nc2nc(Cl)ncc2N)C1(C)C. The molecule has 0 saturated heterocycles. The van der Waals surface area contributed by atoms with Gasteiger partial charge in [0.05, 0.1) is 18.0 Å². The number of hydrogen-bond acceptors (Lipinski definition) is 5. The van der Waals surface area contributed by atoms with E-state index >= 15 is 0 Å². The van der Waals surface area contributed by atoms with Crippen LogP contribution in [0.3, 0.4) is 0 Å². The number of nitrogens with one attached hydrogen (secondary N) is 1. The molecule has 0 bridgehead atoms. The molecule has 1 aliphatic carbocycles. The second kappa shape index (κ2) is 4.90. The number of rotatable bonds is 4. The first-order valence-corrected chi connectivity index (χ1v) is 6.49. The lowest BCUT2D eigenvalue weighted by molar-refractivity contribution is -0.0976. The molecule has 1 heterocycles. The number of anilines is 2. The Morgan fingerprint density at radius 1 is 1.61 bits per heavy atom. The van der Waals surface area contributed by atoms with Crippen LogP contribution in [0.4, 0.5) is 11.5 Å². The Morgan fingerprint density at radius 2 is 2.33 bits per heavy atom. The van der Waals surface area contributed by atoms with Gasteiger partial charge in [-0.05, 0) is 24.9 Å². The van der Waals surface area contributed by atoms with Crippen molar-refractivity contribution < 1.29 is 4.74 Å². The normalized spacial score (nSPS) is 25.6. The van der Waals surface area contributed by atoms with Gasteiger partial charge in [0.1, 0.15) is 0 Å². The van der Waals surface area contributed by atoms with Gasteiger partial charge >= 0.3 is 0 Å². The van der Waals surface area contributed by atoms with E-state index in [-0.39, 0.29) is 22.8 Å². The molecule has 1 saturated carbocycles. The van der Waals surface area contributed by atoms with Crippen molar-refractivity contribution in [2.75, 3.05) is 17.7 Å². The lowest BCUT2D eigenvalue weighted by Gasteiger charge is -2.51. The second-order valence-corrected chi connectivity index (χ2v) is 5.48. The number of aromatic nitrogens is 2. The van der Waals surface area contributed by atoms with Crippen molar-refractivity contribution in [2.45, 2.75) is 39.3 Å². The van der Waals surface area contributed by atoms with Crippen LogP contribution in [-0.2, 0) is 4.74 Å². The van der Waals surface area contributed by atoms with E-state index in [2.05, 4.69) is 29.1 Å². The fraction of sp³-hybridized carbons (Fsp3) is 0.667. The number of hydrogen-bond donors (Lipinski definition) is 2. The van der Waals surface area contributed by atoms with Gasteiger partial charge in [-0.15, -0.1) is 0 Å². The van der Waals surface area contributed by atoms with Crippen molar-refractivity contribution in [3.05, 3.63) is 11.5 Å². The maximum atomic E-state index is 5.82. The Labute approximate surface area is 112 Å². The van der Waals surface area contributed by atoms with Crippen molar-refractivity contribution >= 4 is 23.1 Å². The van der Waals surface area contributed by atoms with E-state index in [9.17, 15) is 0 Å². The zero-order valence-electron chi connectivity index (χ0n) is 10.9. The number of nitrogens with two attached hydrogens (primary N) is 1. The van der Waals surface area contributed by atoms with Crippen LogP contribution in [0.15, 0.2) is 6.20 Å². The Hall–Kier alpha value is -1.07. The largest absolute Gasteiger partial charge is 0.394 e. The molecule has 18 heavy (non-hydrogen) atoms. The van der Waals surface area contributed by atoms with Gasteiger partial charge in [-0.25, -0.2) is 4.98 Å². The van der Waals surface area contributed by atoms with Crippen LogP contribution in [0.1, 0.15) is 27.2 Å². The Balaban J connectivity index is 2.05. The zero-order valence-corrected chi connectivity index (χ0v) is 11.7.